The minimum absolute atomic E-state index is 0.254. The molecule has 1 aromatic heterocycles. The Hall–Kier alpha value is -1.43. The van der Waals surface area contributed by atoms with Gasteiger partial charge >= 0.3 is 5.97 Å². The van der Waals surface area contributed by atoms with Gasteiger partial charge < -0.3 is 15.4 Å². The van der Waals surface area contributed by atoms with Gasteiger partial charge in [0, 0.05) is 0 Å². The number of aromatic nitrogens is 2. The molecule has 94 valence electrons. The van der Waals surface area contributed by atoms with Crippen molar-refractivity contribution in [2.45, 2.75) is 44.6 Å². The van der Waals surface area contributed by atoms with Gasteiger partial charge in [0.1, 0.15) is 0 Å². The summed E-state index contributed by atoms with van der Waals surface area (Å²) in [5.74, 6) is -0.550. The summed E-state index contributed by atoms with van der Waals surface area (Å²) in [6.07, 6.45) is 4.75. The minimum atomic E-state index is -1.19. The molecule has 0 bridgehead atoms. The van der Waals surface area contributed by atoms with Gasteiger partial charge in [0.15, 0.2) is 0 Å². The molecule has 6 heteroatoms. The van der Waals surface area contributed by atoms with Gasteiger partial charge in [-0.05, 0) is 36.8 Å². The van der Waals surface area contributed by atoms with Crippen LogP contribution in [0.4, 0.5) is 0 Å². The van der Waals surface area contributed by atoms with Crippen LogP contribution in [0.3, 0.4) is 0 Å². The van der Waals surface area contributed by atoms with Crippen molar-refractivity contribution in [1.29, 1.82) is 0 Å². The number of carboxylic acid groups (broad SMARTS) is 1. The highest BCUT2D eigenvalue weighted by Gasteiger charge is 2.38. The van der Waals surface area contributed by atoms with Crippen molar-refractivity contribution in [3.8, 4) is 0 Å². The number of rotatable bonds is 3. The van der Waals surface area contributed by atoms with Crippen LogP contribution in [-0.2, 0) is 5.54 Å². The molecular formula is C11H17N3O3. The monoisotopic (exact) mass is 239 g/mol. The Balaban J connectivity index is 2.13. The molecule has 0 amide bonds. The Bertz CT molecular complexity index is 408. The normalized spacial score (nSPS) is 29.2. The number of hydrogen-bond donors (Lipinski definition) is 2. The zero-order valence-corrected chi connectivity index (χ0v) is 9.85. The van der Waals surface area contributed by atoms with Crippen molar-refractivity contribution < 1.29 is 14.4 Å². The molecule has 1 saturated carbocycles. The molecule has 0 aliphatic heterocycles. The molecule has 1 aliphatic rings. The van der Waals surface area contributed by atoms with Gasteiger partial charge in [0.05, 0.1) is 5.54 Å². The molecule has 0 aromatic carbocycles. The summed E-state index contributed by atoms with van der Waals surface area (Å²) in [5, 5.41) is 12.1. The van der Waals surface area contributed by atoms with Gasteiger partial charge in [-0.15, -0.1) is 0 Å². The third-order valence-corrected chi connectivity index (χ3v) is 3.62. The van der Waals surface area contributed by atoms with Crippen molar-refractivity contribution in [2.24, 2.45) is 11.7 Å². The molecule has 1 fully saturated rings. The van der Waals surface area contributed by atoms with E-state index in [1.165, 1.54) is 0 Å². The predicted octanol–water partition coefficient (Wildman–Crippen LogP) is 1.52. The average molecular weight is 239 g/mol. The van der Waals surface area contributed by atoms with Crippen LogP contribution in [0.25, 0.3) is 0 Å². The molecule has 0 radical (unpaired) electrons. The fourth-order valence-electron chi connectivity index (χ4n) is 2.33. The van der Waals surface area contributed by atoms with E-state index in [9.17, 15) is 4.79 Å². The molecular weight excluding hydrogens is 222 g/mol. The maximum atomic E-state index is 10.7. The zero-order chi connectivity index (χ0) is 12.5. The van der Waals surface area contributed by atoms with E-state index in [0.717, 1.165) is 32.1 Å². The number of carbonyl (C=O) groups is 1. The molecule has 3 N–H and O–H groups in total. The van der Waals surface area contributed by atoms with Crippen LogP contribution in [0.2, 0.25) is 0 Å². The van der Waals surface area contributed by atoms with Crippen LogP contribution in [-0.4, -0.2) is 21.2 Å². The first kappa shape index (κ1) is 12.0. The molecule has 1 aliphatic carbocycles. The Morgan fingerprint density at radius 2 is 2.24 bits per heavy atom. The maximum absolute atomic E-state index is 10.7. The first-order chi connectivity index (χ1) is 8.05. The number of aromatic carboxylic acids is 1. The standard InChI is InChI=1S/C11H17N3O3/c1-2-7-3-5-11(12,6-4-7)10-13-8(9(15)16)14-17-10/h7H,2-6,12H2,1H3,(H,15,16). The molecule has 17 heavy (non-hydrogen) atoms. The molecule has 0 atom stereocenters. The highest BCUT2D eigenvalue weighted by Crippen LogP contribution is 2.37. The van der Waals surface area contributed by atoms with E-state index in [4.69, 9.17) is 15.4 Å². The molecule has 0 saturated heterocycles. The lowest BCUT2D eigenvalue weighted by molar-refractivity contribution is 0.0680. The van der Waals surface area contributed by atoms with Gasteiger partial charge in [-0.25, -0.2) is 4.79 Å². The predicted molar refractivity (Wildman–Crippen MR) is 59.4 cm³/mol. The molecule has 6 nitrogen and oxygen atoms in total. The van der Waals surface area contributed by atoms with E-state index in [0.29, 0.717) is 5.92 Å². The van der Waals surface area contributed by atoms with E-state index >= 15 is 0 Å². The number of nitrogens with zero attached hydrogens (tertiary/aromatic N) is 2. The van der Waals surface area contributed by atoms with Gasteiger partial charge in [-0.3, -0.25) is 0 Å². The van der Waals surface area contributed by atoms with Crippen LogP contribution in [0.5, 0.6) is 0 Å². The fourth-order valence-corrected chi connectivity index (χ4v) is 2.33. The van der Waals surface area contributed by atoms with E-state index < -0.39 is 11.5 Å². The molecule has 1 aromatic rings. The quantitative estimate of drug-likeness (QED) is 0.829. The fraction of sp³-hybridized carbons (Fsp3) is 0.727. The lowest BCUT2D eigenvalue weighted by Gasteiger charge is -2.33. The maximum Gasteiger partial charge on any atom is 0.377 e. The second-order valence-electron chi connectivity index (χ2n) is 4.74. The summed E-state index contributed by atoms with van der Waals surface area (Å²) in [6, 6.07) is 0. The lowest BCUT2D eigenvalue weighted by Crippen LogP contribution is -2.40. The second kappa shape index (κ2) is 4.44. The van der Waals surface area contributed by atoms with Crippen LogP contribution in [0, 0.1) is 5.92 Å². The first-order valence-electron chi connectivity index (χ1n) is 5.91. The average Bonchev–Trinajstić information content (AvgIpc) is 2.80. The highest BCUT2D eigenvalue weighted by molar-refractivity contribution is 5.82. The molecule has 1 heterocycles. The van der Waals surface area contributed by atoms with Crippen molar-refractivity contribution in [3.63, 3.8) is 0 Å². The minimum Gasteiger partial charge on any atom is -0.475 e. The second-order valence-corrected chi connectivity index (χ2v) is 4.74. The smallest absolute Gasteiger partial charge is 0.377 e. The number of nitrogens with two attached hydrogens (primary N) is 1. The molecule has 0 spiro atoms. The topological polar surface area (TPSA) is 102 Å². The number of carboxylic acids is 1. The third kappa shape index (κ3) is 2.31. The van der Waals surface area contributed by atoms with Crippen molar-refractivity contribution in [3.05, 3.63) is 11.7 Å². The summed E-state index contributed by atoms with van der Waals surface area (Å²) in [6.45, 7) is 2.17. The lowest BCUT2D eigenvalue weighted by atomic mass is 9.76. The van der Waals surface area contributed by atoms with Crippen molar-refractivity contribution in [1.82, 2.24) is 10.1 Å². The van der Waals surface area contributed by atoms with Crippen molar-refractivity contribution >= 4 is 5.97 Å². The Labute approximate surface area is 99.2 Å². The van der Waals surface area contributed by atoms with E-state index in [2.05, 4.69) is 17.1 Å². The van der Waals surface area contributed by atoms with Crippen LogP contribution in [0.15, 0.2) is 4.52 Å². The largest absolute Gasteiger partial charge is 0.475 e. The SMILES string of the molecule is CCC1CCC(N)(c2nc(C(=O)O)no2)CC1. The first-order valence-corrected chi connectivity index (χ1v) is 5.91. The third-order valence-electron chi connectivity index (χ3n) is 3.62. The van der Waals surface area contributed by atoms with Gasteiger partial charge in [-0.2, -0.15) is 4.98 Å². The van der Waals surface area contributed by atoms with Gasteiger partial charge in [0.2, 0.25) is 5.89 Å². The highest BCUT2D eigenvalue weighted by atomic mass is 16.5. The zero-order valence-electron chi connectivity index (χ0n) is 9.85. The Morgan fingerprint density at radius 3 is 2.71 bits per heavy atom. The molecule has 2 rings (SSSR count). The summed E-state index contributed by atoms with van der Waals surface area (Å²) in [5.41, 5.74) is 5.58. The number of hydrogen-bond acceptors (Lipinski definition) is 5. The summed E-state index contributed by atoms with van der Waals surface area (Å²) in [4.78, 5) is 14.5. The summed E-state index contributed by atoms with van der Waals surface area (Å²) in [7, 11) is 0. The van der Waals surface area contributed by atoms with E-state index in [-0.39, 0.29) is 11.7 Å². The van der Waals surface area contributed by atoms with Crippen LogP contribution >= 0.6 is 0 Å². The Kier molecular flexibility index (Phi) is 3.15. The summed E-state index contributed by atoms with van der Waals surface area (Å²) >= 11 is 0. The van der Waals surface area contributed by atoms with E-state index in [1.807, 2.05) is 0 Å². The van der Waals surface area contributed by atoms with Crippen molar-refractivity contribution in [2.75, 3.05) is 0 Å². The molecule has 0 unspecified atom stereocenters. The van der Waals surface area contributed by atoms with Gasteiger partial charge in [-0.1, -0.05) is 13.3 Å². The summed E-state index contributed by atoms with van der Waals surface area (Å²) < 4.78 is 4.97. The van der Waals surface area contributed by atoms with Crippen LogP contribution in [0.1, 0.15) is 55.5 Å². The van der Waals surface area contributed by atoms with Gasteiger partial charge in [0.25, 0.3) is 5.82 Å². The van der Waals surface area contributed by atoms with Crippen LogP contribution < -0.4 is 5.73 Å². The Morgan fingerprint density at radius 1 is 1.59 bits per heavy atom. The van der Waals surface area contributed by atoms with E-state index in [1.54, 1.807) is 0 Å².